The highest BCUT2D eigenvalue weighted by molar-refractivity contribution is 5.73. The lowest BCUT2D eigenvalue weighted by Gasteiger charge is -2.42. The molecule has 0 unspecified atom stereocenters. The van der Waals surface area contributed by atoms with Gasteiger partial charge in [0.1, 0.15) is 24.4 Å². The van der Waals surface area contributed by atoms with Crippen molar-refractivity contribution >= 4 is 5.91 Å². The molecule has 18 heavy (non-hydrogen) atoms. The first-order valence-electron chi connectivity index (χ1n) is 5.91. The number of aliphatic hydroxyl groups is 3. The fourth-order valence-corrected chi connectivity index (χ4v) is 1.85. The average molecular weight is 263 g/mol. The van der Waals surface area contributed by atoms with Gasteiger partial charge in [-0.3, -0.25) is 4.79 Å². The Hall–Kier alpha value is -0.730. The number of carbonyl (C=O) groups excluding carboxylic acids is 1. The highest BCUT2D eigenvalue weighted by Crippen LogP contribution is 2.22. The maximum atomic E-state index is 11.1. The number of hydrogen-bond acceptors (Lipinski definition) is 6. The van der Waals surface area contributed by atoms with Crippen molar-refractivity contribution in [2.75, 3.05) is 6.61 Å². The van der Waals surface area contributed by atoms with Crippen LogP contribution in [0.3, 0.4) is 0 Å². The van der Waals surface area contributed by atoms with Gasteiger partial charge in [-0.1, -0.05) is 0 Å². The van der Waals surface area contributed by atoms with Gasteiger partial charge in [0.2, 0.25) is 5.91 Å². The number of carbonyl (C=O) groups is 1. The highest BCUT2D eigenvalue weighted by atomic mass is 16.7. The van der Waals surface area contributed by atoms with Crippen LogP contribution in [0.5, 0.6) is 0 Å². The van der Waals surface area contributed by atoms with Crippen molar-refractivity contribution in [1.29, 1.82) is 0 Å². The molecule has 0 aromatic carbocycles. The van der Waals surface area contributed by atoms with Crippen LogP contribution < -0.4 is 5.32 Å². The molecule has 0 saturated carbocycles. The fraction of sp³-hybridized carbons (Fsp3) is 0.909. The summed E-state index contributed by atoms with van der Waals surface area (Å²) >= 11 is 0. The van der Waals surface area contributed by atoms with Gasteiger partial charge in [0.15, 0.2) is 6.29 Å². The van der Waals surface area contributed by atoms with Crippen LogP contribution in [0.1, 0.15) is 20.8 Å². The first kappa shape index (κ1) is 15.3. The van der Waals surface area contributed by atoms with Gasteiger partial charge in [0.05, 0.1) is 12.7 Å². The van der Waals surface area contributed by atoms with E-state index in [1.54, 1.807) is 13.8 Å². The van der Waals surface area contributed by atoms with Crippen LogP contribution in [0.4, 0.5) is 0 Å². The summed E-state index contributed by atoms with van der Waals surface area (Å²) in [7, 11) is 0. The smallest absolute Gasteiger partial charge is 0.217 e. The van der Waals surface area contributed by atoms with Gasteiger partial charge in [-0.25, -0.2) is 0 Å². The summed E-state index contributed by atoms with van der Waals surface area (Å²) < 4.78 is 10.8. The van der Waals surface area contributed by atoms with E-state index >= 15 is 0 Å². The molecule has 5 atom stereocenters. The van der Waals surface area contributed by atoms with Gasteiger partial charge >= 0.3 is 0 Å². The second-order valence-electron chi connectivity index (χ2n) is 4.62. The van der Waals surface area contributed by atoms with Crippen molar-refractivity contribution in [2.45, 2.75) is 57.5 Å². The minimum Gasteiger partial charge on any atom is -0.394 e. The minimum absolute atomic E-state index is 0.187. The topological polar surface area (TPSA) is 108 Å². The fourth-order valence-electron chi connectivity index (χ4n) is 1.85. The largest absolute Gasteiger partial charge is 0.394 e. The summed E-state index contributed by atoms with van der Waals surface area (Å²) in [5.41, 5.74) is 0. The van der Waals surface area contributed by atoms with Crippen molar-refractivity contribution in [1.82, 2.24) is 5.32 Å². The summed E-state index contributed by atoms with van der Waals surface area (Å²) in [5, 5.41) is 31.2. The molecule has 1 saturated heterocycles. The van der Waals surface area contributed by atoms with Crippen LogP contribution in [0.2, 0.25) is 0 Å². The molecule has 0 aromatic rings. The number of ether oxygens (including phenoxy) is 2. The third-order valence-electron chi connectivity index (χ3n) is 2.66. The molecule has 1 amide bonds. The molecule has 7 heteroatoms. The molecule has 0 aromatic heterocycles. The van der Waals surface area contributed by atoms with E-state index in [9.17, 15) is 15.0 Å². The Morgan fingerprint density at radius 1 is 1.39 bits per heavy atom. The Morgan fingerprint density at radius 3 is 2.44 bits per heavy atom. The van der Waals surface area contributed by atoms with Gasteiger partial charge in [-0.05, 0) is 13.8 Å². The Balaban J connectivity index is 2.83. The molecule has 106 valence electrons. The molecule has 1 aliphatic heterocycles. The predicted molar refractivity (Wildman–Crippen MR) is 61.6 cm³/mol. The Bertz CT molecular complexity index is 285. The van der Waals surface area contributed by atoms with E-state index < -0.39 is 37.3 Å². The lowest BCUT2D eigenvalue weighted by Crippen LogP contribution is -2.64. The van der Waals surface area contributed by atoms with Crippen molar-refractivity contribution in [3.8, 4) is 0 Å². The third-order valence-corrected chi connectivity index (χ3v) is 2.66. The van der Waals surface area contributed by atoms with Crippen LogP contribution >= 0.6 is 0 Å². The van der Waals surface area contributed by atoms with Gasteiger partial charge in [0, 0.05) is 6.92 Å². The van der Waals surface area contributed by atoms with Gasteiger partial charge < -0.3 is 30.1 Å². The predicted octanol–water partition coefficient (Wildman–Crippen LogP) is -1.64. The first-order chi connectivity index (χ1) is 8.36. The van der Waals surface area contributed by atoms with Crippen LogP contribution in [-0.2, 0) is 14.3 Å². The summed E-state index contributed by atoms with van der Waals surface area (Å²) in [6.45, 7) is 4.41. The maximum absolute atomic E-state index is 11.1. The standard InChI is InChI=1S/C11H21NO6/c1-5(2)17-11-8(12-6(3)14)10(16)9(15)7(4-13)18-11/h5,7-11,13,15-16H,4H2,1-3H3,(H,12,14)/t7-,8+,9-,10-,11-/m0/s1. The van der Waals surface area contributed by atoms with Gasteiger partial charge in [0.25, 0.3) is 0 Å². The van der Waals surface area contributed by atoms with Gasteiger partial charge in [-0.15, -0.1) is 0 Å². The maximum Gasteiger partial charge on any atom is 0.217 e. The second kappa shape index (κ2) is 6.44. The molecule has 1 fully saturated rings. The number of nitrogens with one attached hydrogen (secondary N) is 1. The number of hydrogen-bond donors (Lipinski definition) is 4. The van der Waals surface area contributed by atoms with Crippen molar-refractivity contribution in [2.24, 2.45) is 0 Å². The zero-order chi connectivity index (χ0) is 13.9. The van der Waals surface area contributed by atoms with Crippen molar-refractivity contribution in [3.63, 3.8) is 0 Å². The first-order valence-corrected chi connectivity index (χ1v) is 5.91. The van der Waals surface area contributed by atoms with E-state index in [2.05, 4.69) is 5.32 Å². The molecule has 0 radical (unpaired) electrons. The summed E-state index contributed by atoms with van der Waals surface area (Å²) in [4.78, 5) is 11.1. The lowest BCUT2D eigenvalue weighted by atomic mass is 9.97. The van der Waals surface area contributed by atoms with E-state index in [1.807, 2.05) is 0 Å². The molecular formula is C11H21NO6. The normalized spacial score (nSPS) is 36.7. The minimum atomic E-state index is -1.28. The molecule has 1 rings (SSSR count). The second-order valence-corrected chi connectivity index (χ2v) is 4.62. The summed E-state index contributed by atoms with van der Waals surface area (Å²) in [6.07, 6.45) is -4.58. The zero-order valence-electron chi connectivity index (χ0n) is 10.7. The Labute approximate surface area is 106 Å². The lowest BCUT2D eigenvalue weighted by molar-refractivity contribution is -0.278. The summed E-state index contributed by atoms with van der Waals surface area (Å²) in [5.74, 6) is -0.366. The monoisotopic (exact) mass is 263 g/mol. The number of aliphatic hydroxyl groups excluding tert-OH is 3. The summed E-state index contributed by atoms with van der Waals surface area (Å²) in [6, 6.07) is -0.873. The zero-order valence-corrected chi connectivity index (χ0v) is 10.7. The Morgan fingerprint density at radius 2 is 2.00 bits per heavy atom. The van der Waals surface area contributed by atoms with E-state index in [4.69, 9.17) is 14.6 Å². The van der Waals surface area contributed by atoms with E-state index in [0.29, 0.717) is 0 Å². The van der Waals surface area contributed by atoms with E-state index in [0.717, 1.165) is 0 Å². The van der Waals surface area contributed by atoms with E-state index in [1.165, 1.54) is 6.92 Å². The molecule has 1 aliphatic rings. The quantitative estimate of drug-likeness (QED) is 0.484. The highest BCUT2D eigenvalue weighted by Gasteiger charge is 2.45. The molecular weight excluding hydrogens is 242 g/mol. The molecule has 0 bridgehead atoms. The molecule has 0 aliphatic carbocycles. The van der Waals surface area contributed by atoms with E-state index in [-0.39, 0.29) is 12.0 Å². The third kappa shape index (κ3) is 3.63. The van der Waals surface area contributed by atoms with Crippen molar-refractivity contribution in [3.05, 3.63) is 0 Å². The number of amides is 1. The van der Waals surface area contributed by atoms with Crippen molar-refractivity contribution < 1.29 is 29.6 Å². The molecule has 4 N–H and O–H groups in total. The molecule has 0 spiro atoms. The van der Waals surface area contributed by atoms with Gasteiger partial charge in [-0.2, -0.15) is 0 Å². The van der Waals surface area contributed by atoms with Crippen LogP contribution in [0.25, 0.3) is 0 Å². The molecule has 1 heterocycles. The Kier molecular flexibility index (Phi) is 5.48. The van der Waals surface area contributed by atoms with Crippen LogP contribution in [0.15, 0.2) is 0 Å². The SMILES string of the molecule is CC(=O)N[C@H]1[C@@H](OC(C)C)O[C@@H](CO)[C@H](O)[C@H]1O. The van der Waals surface area contributed by atoms with Crippen LogP contribution in [-0.4, -0.2) is 64.6 Å². The number of rotatable bonds is 4. The average Bonchev–Trinajstić information content (AvgIpc) is 2.27. The molecule has 7 nitrogen and oxygen atoms in total. The van der Waals surface area contributed by atoms with Crippen LogP contribution in [0, 0.1) is 0 Å².